The summed E-state index contributed by atoms with van der Waals surface area (Å²) in [5.74, 6) is -0.760. The van der Waals surface area contributed by atoms with Crippen molar-refractivity contribution in [2.24, 2.45) is 10.2 Å². The van der Waals surface area contributed by atoms with Gasteiger partial charge in [0, 0.05) is 16.2 Å². The fourth-order valence-electron chi connectivity index (χ4n) is 2.98. The normalized spacial score (nSPS) is 12.9. The van der Waals surface area contributed by atoms with E-state index in [4.69, 9.17) is 4.74 Å². The van der Waals surface area contributed by atoms with Gasteiger partial charge in [0.25, 0.3) is 5.91 Å². The number of carbonyl (C=O) groups excluding carboxylic acids is 2. The second-order valence-corrected chi connectivity index (χ2v) is 7.85. The zero-order valence-electron chi connectivity index (χ0n) is 17.1. The second-order valence-electron chi connectivity index (χ2n) is 7.85. The lowest BCUT2D eigenvalue weighted by Gasteiger charge is -2.20. The zero-order valence-corrected chi connectivity index (χ0v) is 17.1. The quantitative estimate of drug-likeness (QED) is 0.322. The molecule has 1 atom stereocenters. The molecule has 0 radical (unpaired) electrons. The number of amides is 2. The molecule has 8 nitrogen and oxygen atoms in total. The number of phenols is 2. The highest BCUT2D eigenvalue weighted by atomic mass is 16.6. The minimum absolute atomic E-state index is 0.00161. The smallest absolute Gasteiger partial charge is 0.408 e. The maximum atomic E-state index is 12.3. The molecule has 0 aliphatic heterocycles. The maximum Gasteiger partial charge on any atom is 0.408 e. The van der Waals surface area contributed by atoms with Gasteiger partial charge >= 0.3 is 6.09 Å². The highest BCUT2D eigenvalue weighted by Crippen LogP contribution is 2.45. The Morgan fingerprint density at radius 2 is 1.57 bits per heavy atom. The van der Waals surface area contributed by atoms with Gasteiger partial charge < -0.3 is 20.3 Å². The first-order chi connectivity index (χ1) is 14.1. The van der Waals surface area contributed by atoms with Gasteiger partial charge in [0.15, 0.2) is 0 Å². The molecule has 3 aromatic carbocycles. The Hall–Kier alpha value is -3.68. The van der Waals surface area contributed by atoms with Crippen molar-refractivity contribution in [3.63, 3.8) is 0 Å². The summed E-state index contributed by atoms with van der Waals surface area (Å²) < 4.78 is 5.11. The van der Waals surface area contributed by atoms with Crippen molar-refractivity contribution in [3.8, 4) is 11.5 Å². The van der Waals surface area contributed by atoms with Crippen LogP contribution >= 0.6 is 0 Å². The predicted molar refractivity (Wildman–Crippen MR) is 113 cm³/mol. The molecule has 0 fully saturated rings. The van der Waals surface area contributed by atoms with Crippen LogP contribution in [-0.4, -0.2) is 33.9 Å². The van der Waals surface area contributed by atoms with Crippen molar-refractivity contribution >= 4 is 39.2 Å². The zero-order chi connectivity index (χ0) is 22.1. The van der Waals surface area contributed by atoms with Gasteiger partial charge in [-0.05, 0) is 33.8 Å². The van der Waals surface area contributed by atoms with Gasteiger partial charge in [0.1, 0.15) is 23.1 Å². The molecule has 2 amide bonds. The van der Waals surface area contributed by atoms with E-state index in [1.54, 1.807) is 63.2 Å². The minimum Gasteiger partial charge on any atom is -0.507 e. The van der Waals surface area contributed by atoms with E-state index in [9.17, 15) is 19.8 Å². The number of nitrogens with zero attached hydrogens (tertiary/aromatic N) is 2. The Morgan fingerprint density at radius 1 is 0.967 bits per heavy atom. The van der Waals surface area contributed by atoms with Gasteiger partial charge in [-0.3, -0.25) is 4.79 Å². The molecule has 0 bridgehead atoms. The van der Waals surface area contributed by atoms with Crippen LogP contribution in [0.2, 0.25) is 0 Å². The van der Waals surface area contributed by atoms with Crippen LogP contribution in [0.1, 0.15) is 27.7 Å². The van der Waals surface area contributed by atoms with Crippen LogP contribution in [0.5, 0.6) is 11.5 Å². The molecule has 0 spiro atoms. The van der Waals surface area contributed by atoms with E-state index in [1.165, 1.54) is 6.92 Å². The van der Waals surface area contributed by atoms with Crippen molar-refractivity contribution < 1.29 is 24.5 Å². The van der Waals surface area contributed by atoms with E-state index in [2.05, 4.69) is 15.5 Å². The number of fused-ring (bicyclic) bond motifs is 2. The number of benzene rings is 3. The van der Waals surface area contributed by atoms with Gasteiger partial charge in [-0.25, -0.2) is 4.79 Å². The number of azo groups is 1. The standard InChI is InChI=1S/C22H23N3O5/c1-12(23-21(29)30-22(2,3)4)20(28)25-24-16-11-7-10-15-17(16)19(27)14-9-6-5-8-13(14)18(15)26/h5-12,26-27H,1-4H3,(H,23,29)/t12-/m0/s1. The van der Waals surface area contributed by atoms with E-state index in [-0.39, 0.29) is 22.6 Å². The fraction of sp³-hybridized carbons (Fsp3) is 0.273. The second kappa shape index (κ2) is 7.98. The highest BCUT2D eigenvalue weighted by Gasteiger charge is 2.21. The third-order valence-electron chi connectivity index (χ3n) is 4.33. The van der Waals surface area contributed by atoms with Crippen molar-refractivity contribution in [1.82, 2.24) is 5.32 Å². The number of alkyl carbamates (subject to hydrolysis) is 1. The fourth-order valence-corrected chi connectivity index (χ4v) is 2.98. The first-order valence-electron chi connectivity index (χ1n) is 9.39. The SMILES string of the molecule is C[C@H](NC(=O)OC(C)(C)C)C(=O)N=Nc1cccc2c(O)c3ccccc3c(O)c12. The molecule has 0 saturated carbocycles. The van der Waals surface area contributed by atoms with E-state index in [1.807, 2.05) is 0 Å². The predicted octanol–water partition coefficient (Wildman–Crippen LogP) is 4.93. The summed E-state index contributed by atoms with van der Waals surface area (Å²) in [4.78, 5) is 24.1. The van der Waals surface area contributed by atoms with Gasteiger partial charge in [-0.1, -0.05) is 36.4 Å². The summed E-state index contributed by atoms with van der Waals surface area (Å²) >= 11 is 0. The number of hydrogen-bond acceptors (Lipinski definition) is 6. The molecular formula is C22H23N3O5. The molecule has 3 N–H and O–H groups in total. The molecule has 0 heterocycles. The van der Waals surface area contributed by atoms with Gasteiger partial charge in [-0.15, -0.1) is 10.2 Å². The summed E-state index contributed by atoms with van der Waals surface area (Å²) in [6.07, 6.45) is -0.738. The van der Waals surface area contributed by atoms with Gasteiger partial charge in [0.2, 0.25) is 0 Å². The maximum absolute atomic E-state index is 12.3. The van der Waals surface area contributed by atoms with Crippen LogP contribution in [0.15, 0.2) is 52.7 Å². The summed E-state index contributed by atoms with van der Waals surface area (Å²) in [6, 6.07) is 10.8. The number of aromatic hydroxyl groups is 2. The number of phenolic OH excluding ortho intramolecular Hbond substituents is 2. The molecule has 3 aromatic rings. The number of rotatable bonds is 3. The van der Waals surface area contributed by atoms with Crippen molar-refractivity contribution in [3.05, 3.63) is 42.5 Å². The third-order valence-corrected chi connectivity index (χ3v) is 4.33. The number of hydrogen-bond donors (Lipinski definition) is 3. The third kappa shape index (κ3) is 4.32. The highest BCUT2D eigenvalue weighted by molar-refractivity contribution is 6.14. The molecule has 8 heteroatoms. The number of nitrogens with one attached hydrogen (secondary N) is 1. The van der Waals surface area contributed by atoms with Crippen LogP contribution in [-0.2, 0) is 9.53 Å². The lowest BCUT2D eigenvalue weighted by molar-refractivity contribution is -0.119. The summed E-state index contributed by atoms with van der Waals surface area (Å²) in [6.45, 7) is 6.60. The van der Waals surface area contributed by atoms with Crippen molar-refractivity contribution in [1.29, 1.82) is 0 Å². The Labute approximate surface area is 173 Å². The summed E-state index contributed by atoms with van der Waals surface area (Å²) in [7, 11) is 0. The lowest BCUT2D eigenvalue weighted by atomic mass is 9.99. The summed E-state index contributed by atoms with van der Waals surface area (Å²) in [5, 5.41) is 33.0. The monoisotopic (exact) mass is 409 g/mol. The van der Waals surface area contributed by atoms with E-state index in [0.717, 1.165) is 0 Å². The molecule has 0 aromatic heterocycles. The van der Waals surface area contributed by atoms with Crippen LogP contribution in [0, 0.1) is 0 Å². The van der Waals surface area contributed by atoms with E-state index >= 15 is 0 Å². The van der Waals surface area contributed by atoms with Crippen LogP contribution < -0.4 is 5.32 Å². The molecular weight excluding hydrogens is 386 g/mol. The first-order valence-corrected chi connectivity index (χ1v) is 9.39. The van der Waals surface area contributed by atoms with Gasteiger partial charge in [-0.2, -0.15) is 0 Å². The van der Waals surface area contributed by atoms with Gasteiger partial charge in [0.05, 0.1) is 11.1 Å². The Morgan fingerprint density at radius 3 is 2.20 bits per heavy atom. The largest absolute Gasteiger partial charge is 0.507 e. The summed E-state index contributed by atoms with van der Waals surface area (Å²) in [5.41, 5.74) is -0.483. The van der Waals surface area contributed by atoms with Crippen LogP contribution in [0.3, 0.4) is 0 Å². The minimum atomic E-state index is -0.957. The average molecular weight is 409 g/mol. The van der Waals surface area contributed by atoms with Crippen LogP contribution in [0.4, 0.5) is 10.5 Å². The average Bonchev–Trinajstić information content (AvgIpc) is 2.68. The Kier molecular flexibility index (Phi) is 5.60. The molecule has 156 valence electrons. The van der Waals surface area contributed by atoms with Crippen LogP contribution in [0.25, 0.3) is 21.5 Å². The molecule has 30 heavy (non-hydrogen) atoms. The Bertz CT molecular complexity index is 1160. The van der Waals surface area contributed by atoms with E-state index in [0.29, 0.717) is 16.2 Å². The Balaban J connectivity index is 1.91. The molecule has 0 unspecified atom stereocenters. The number of ether oxygens (including phenoxy) is 1. The molecule has 3 rings (SSSR count). The molecule has 0 aliphatic carbocycles. The first kappa shape index (κ1) is 21.0. The van der Waals surface area contributed by atoms with E-state index < -0.39 is 23.6 Å². The molecule has 0 aliphatic rings. The van der Waals surface area contributed by atoms with Crippen molar-refractivity contribution in [2.45, 2.75) is 39.3 Å². The lowest BCUT2D eigenvalue weighted by Crippen LogP contribution is -2.41. The molecule has 0 saturated heterocycles. The number of carbonyl (C=O) groups is 2. The van der Waals surface area contributed by atoms with Crippen molar-refractivity contribution in [2.75, 3.05) is 0 Å². The topological polar surface area (TPSA) is 121 Å².